The Morgan fingerprint density at radius 3 is 2.48 bits per heavy atom. The van der Waals surface area contributed by atoms with Crippen molar-refractivity contribution >= 4 is 29.2 Å². The van der Waals surface area contributed by atoms with E-state index in [0.717, 1.165) is 57.8 Å². The summed E-state index contributed by atoms with van der Waals surface area (Å²) in [6, 6.07) is 13.1. The van der Waals surface area contributed by atoms with Gasteiger partial charge in [-0.15, -0.1) is 0 Å². The third kappa shape index (κ3) is 5.37. The van der Waals surface area contributed by atoms with Crippen molar-refractivity contribution in [1.82, 2.24) is 14.8 Å². The molecular formula is C24H29ClN4O2. The van der Waals surface area contributed by atoms with E-state index in [1.165, 1.54) is 0 Å². The lowest BCUT2D eigenvalue weighted by atomic mass is 9.92. The number of aromatic nitrogens is 1. The minimum atomic E-state index is -0.00716. The van der Waals surface area contributed by atoms with E-state index in [1.54, 1.807) is 18.3 Å². The first-order chi connectivity index (χ1) is 15.1. The first-order valence-corrected chi connectivity index (χ1v) is 11.5. The summed E-state index contributed by atoms with van der Waals surface area (Å²) in [5.41, 5.74) is 0.562. The summed E-state index contributed by atoms with van der Waals surface area (Å²) in [4.78, 5) is 36.1. The van der Waals surface area contributed by atoms with Gasteiger partial charge in [0.05, 0.1) is 10.6 Å². The number of carbonyl (C=O) groups is 2. The van der Waals surface area contributed by atoms with Gasteiger partial charge in [-0.05, 0) is 49.4 Å². The van der Waals surface area contributed by atoms with Crippen LogP contribution >= 0.6 is 11.6 Å². The molecule has 2 aromatic rings. The number of hydrogen-bond donors (Lipinski definition) is 0. The molecule has 0 aliphatic carbocycles. The zero-order valence-corrected chi connectivity index (χ0v) is 18.5. The van der Waals surface area contributed by atoms with Crippen LogP contribution in [0.3, 0.4) is 0 Å². The van der Waals surface area contributed by atoms with Gasteiger partial charge in [0.25, 0.3) is 5.91 Å². The summed E-state index contributed by atoms with van der Waals surface area (Å²) >= 11 is 6.21. The van der Waals surface area contributed by atoms with Crippen molar-refractivity contribution in [2.24, 2.45) is 5.92 Å². The van der Waals surface area contributed by atoms with Gasteiger partial charge in [-0.3, -0.25) is 9.59 Å². The van der Waals surface area contributed by atoms with E-state index in [0.29, 0.717) is 29.5 Å². The maximum absolute atomic E-state index is 12.9. The lowest BCUT2D eigenvalue weighted by Crippen LogP contribution is -2.49. The van der Waals surface area contributed by atoms with Crippen molar-refractivity contribution in [1.29, 1.82) is 0 Å². The predicted octanol–water partition coefficient (Wildman–Crippen LogP) is 3.72. The highest BCUT2D eigenvalue weighted by Crippen LogP contribution is 2.25. The standard InChI is InChI=1S/C24H29ClN4O2/c25-21-8-2-1-7-20(21)24(31)29-13-5-6-19(18-29)10-11-23(30)28-16-14-27(15-17-28)22-9-3-4-12-26-22/h1-4,7-9,12,19H,5-6,10-11,13-18H2. The van der Waals surface area contributed by atoms with Crippen LogP contribution in [0.5, 0.6) is 0 Å². The molecule has 0 bridgehead atoms. The maximum Gasteiger partial charge on any atom is 0.255 e. The number of anilines is 1. The first-order valence-electron chi connectivity index (χ1n) is 11.1. The molecule has 7 heteroatoms. The molecule has 0 N–H and O–H groups in total. The van der Waals surface area contributed by atoms with Crippen LogP contribution in [0.25, 0.3) is 0 Å². The van der Waals surface area contributed by atoms with Crippen molar-refractivity contribution in [3.63, 3.8) is 0 Å². The molecular weight excluding hydrogens is 412 g/mol. The van der Waals surface area contributed by atoms with Gasteiger partial charge in [-0.1, -0.05) is 29.8 Å². The molecule has 2 fully saturated rings. The summed E-state index contributed by atoms with van der Waals surface area (Å²) in [6.07, 6.45) is 5.20. The minimum Gasteiger partial charge on any atom is -0.353 e. The molecule has 31 heavy (non-hydrogen) atoms. The SMILES string of the molecule is O=C(CCC1CCCN(C(=O)c2ccccc2Cl)C1)N1CCN(c2ccccn2)CC1. The highest BCUT2D eigenvalue weighted by Gasteiger charge is 2.27. The third-order valence-corrected chi connectivity index (χ3v) is 6.61. The number of piperazine rings is 1. The quantitative estimate of drug-likeness (QED) is 0.711. The molecule has 4 rings (SSSR count). The van der Waals surface area contributed by atoms with Gasteiger partial charge in [-0.25, -0.2) is 4.98 Å². The second-order valence-electron chi connectivity index (χ2n) is 8.33. The van der Waals surface area contributed by atoms with Gasteiger partial charge in [0.2, 0.25) is 5.91 Å². The second-order valence-corrected chi connectivity index (χ2v) is 8.74. The van der Waals surface area contributed by atoms with Crippen molar-refractivity contribution in [3.05, 3.63) is 59.2 Å². The van der Waals surface area contributed by atoms with E-state index in [-0.39, 0.29) is 11.8 Å². The van der Waals surface area contributed by atoms with Crippen LogP contribution in [0.4, 0.5) is 5.82 Å². The number of amides is 2. The summed E-state index contributed by atoms with van der Waals surface area (Å²) < 4.78 is 0. The van der Waals surface area contributed by atoms with Crippen molar-refractivity contribution in [3.8, 4) is 0 Å². The summed E-state index contributed by atoms with van der Waals surface area (Å²) in [5, 5.41) is 0.495. The van der Waals surface area contributed by atoms with E-state index in [2.05, 4.69) is 9.88 Å². The fourth-order valence-corrected chi connectivity index (χ4v) is 4.72. The molecule has 1 atom stereocenters. The molecule has 2 amide bonds. The molecule has 2 aliphatic heterocycles. The Balaban J connectivity index is 1.24. The van der Waals surface area contributed by atoms with Crippen LogP contribution in [0.15, 0.2) is 48.7 Å². The minimum absolute atomic E-state index is 0.00716. The number of halogens is 1. The van der Waals surface area contributed by atoms with Gasteiger partial charge in [0, 0.05) is 51.9 Å². The number of piperidine rings is 1. The van der Waals surface area contributed by atoms with Crippen molar-refractivity contribution in [2.75, 3.05) is 44.2 Å². The monoisotopic (exact) mass is 440 g/mol. The number of pyridine rings is 1. The number of rotatable bonds is 5. The van der Waals surface area contributed by atoms with E-state index < -0.39 is 0 Å². The van der Waals surface area contributed by atoms with E-state index in [1.807, 2.05) is 40.1 Å². The van der Waals surface area contributed by atoms with Crippen LogP contribution < -0.4 is 4.90 Å². The molecule has 6 nitrogen and oxygen atoms in total. The molecule has 1 aromatic heterocycles. The highest BCUT2D eigenvalue weighted by molar-refractivity contribution is 6.33. The molecule has 2 saturated heterocycles. The molecule has 0 spiro atoms. The van der Waals surface area contributed by atoms with E-state index in [9.17, 15) is 9.59 Å². The average Bonchev–Trinajstić information content (AvgIpc) is 2.83. The molecule has 0 saturated carbocycles. The summed E-state index contributed by atoms with van der Waals surface area (Å²) in [5.74, 6) is 1.54. The molecule has 164 valence electrons. The third-order valence-electron chi connectivity index (χ3n) is 6.28. The van der Waals surface area contributed by atoms with Gasteiger partial charge in [-0.2, -0.15) is 0 Å². The Bertz CT molecular complexity index is 899. The molecule has 2 aliphatic rings. The number of nitrogens with zero attached hydrogens (tertiary/aromatic N) is 4. The topological polar surface area (TPSA) is 56.8 Å². The molecule has 1 unspecified atom stereocenters. The van der Waals surface area contributed by atoms with Crippen molar-refractivity contribution in [2.45, 2.75) is 25.7 Å². The fraction of sp³-hybridized carbons (Fsp3) is 0.458. The van der Waals surface area contributed by atoms with Crippen LogP contribution in [0.1, 0.15) is 36.0 Å². The zero-order chi connectivity index (χ0) is 21.6. The number of hydrogen-bond acceptors (Lipinski definition) is 4. The first kappa shape index (κ1) is 21.6. The molecule has 3 heterocycles. The normalized spacial score (nSPS) is 19.4. The molecule has 0 radical (unpaired) electrons. The van der Waals surface area contributed by atoms with Gasteiger partial charge in [0.1, 0.15) is 5.82 Å². The van der Waals surface area contributed by atoms with Crippen LogP contribution in [0, 0.1) is 5.92 Å². The van der Waals surface area contributed by atoms with E-state index >= 15 is 0 Å². The summed E-state index contributed by atoms with van der Waals surface area (Å²) in [7, 11) is 0. The highest BCUT2D eigenvalue weighted by atomic mass is 35.5. The van der Waals surface area contributed by atoms with Gasteiger partial charge < -0.3 is 14.7 Å². The van der Waals surface area contributed by atoms with Crippen LogP contribution in [-0.4, -0.2) is 65.9 Å². The predicted molar refractivity (Wildman–Crippen MR) is 122 cm³/mol. The van der Waals surface area contributed by atoms with Crippen LogP contribution in [-0.2, 0) is 4.79 Å². The lowest BCUT2D eigenvalue weighted by molar-refractivity contribution is -0.131. The average molecular weight is 441 g/mol. The Morgan fingerprint density at radius 2 is 1.74 bits per heavy atom. The maximum atomic E-state index is 12.9. The fourth-order valence-electron chi connectivity index (χ4n) is 4.50. The Labute approximate surface area is 188 Å². The Hall–Kier alpha value is -2.60. The Morgan fingerprint density at radius 1 is 0.968 bits per heavy atom. The van der Waals surface area contributed by atoms with Crippen LogP contribution in [0.2, 0.25) is 5.02 Å². The number of carbonyl (C=O) groups excluding carboxylic acids is 2. The van der Waals surface area contributed by atoms with Gasteiger partial charge in [0.15, 0.2) is 0 Å². The number of likely N-dealkylation sites (tertiary alicyclic amines) is 1. The molecule has 1 aromatic carbocycles. The zero-order valence-electron chi connectivity index (χ0n) is 17.8. The van der Waals surface area contributed by atoms with E-state index in [4.69, 9.17) is 11.6 Å². The van der Waals surface area contributed by atoms with Gasteiger partial charge >= 0.3 is 0 Å². The summed E-state index contributed by atoms with van der Waals surface area (Å²) in [6.45, 7) is 4.54. The lowest BCUT2D eigenvalue weighted by Gasteiger charge is -2.36. The largest absolute Gasteiger partial charge is 0.353 e. The number of benzene rings is 1. The van der Waals surface area contributed by atoms with Crippen molar-refractivity contribution < 1.29 is 9.59 Å². The Kier molecular flexibility index (Phi) is 7.07. The smallest absolute Gasteiger partial charge is 0.255 e. The second kappa shape index (κ2) is 10.1.